The van der Waals surface area contributed by atoms with E-state index in [2.05, 4.69) is 53.5 Å². The van der Waals surface area contributed by atoms with Crippen molar-refractivity contribution in [3.05, 3.63) is 83.4 Å². The normalized spacial score (nSPS) is 22.2. The topological polar surface area (TPSA) is 32.8 Å². The fourth-order valence-electron chi connectivity index (χ4n) is 4.73. The number of amides is 1. The molecule has 1 fully saturated rings. The Morgan fingerprint density at radius 3 is 2.64 bits per heavy atom. The zero-order valence-corrected chi connectivity index (χ0v) is 16.0. The summed E-state index contributed by atoms with van der Waals surface area (Å²) in [5.74, 6) is 0.0942. The molecule has 4 nitrogen and oxygen atoms in total. The summed E-state index contributed by atoms with van der Waals surface area (Å²) >= 11 is 0. The monoisotopic (exact) mass is 372 g/mol. The number of benzene rings is 3. The molecule has 4 heteroatoms. The Morgan fingerprint density at radius 1 is 1.00 bits per heavy atom. The van der Waals surface area contributed by atoms with E-state index in [0.717, 1.165) is 36.1 Å². The van der Waals surface area contributed by atoms with Gasteiger partial charge in [-0.15, -0.1) is 0 Å². The molecule has 0 aliphatic carbocycles. The van der Waals surface area contributed by atoms with E-state index in [1.807, 2.05) is 23.2 Å². The number of methoxy groups -OCH3 is 1. The highest BCUT2D eigenvalue weighted by atomic mass is 16.5. The molecule has 5 rings (SSSR count). The van der Waals surface area contributed by atoms with Gasteiger partial charge in [0.1, 0.15) is 0 Å². The van der Waals surface area contributed by atoms with Gasteiger partial charge in [0.25, 0.3) is 5.91 Å². The lowest BCUT2D eigenvalue weighted by molar-refractivity contribution is -0.0465. The second-order valence-electron chi connectivity index (χ2n) is 7.66. The Hall–Kier alpha value is -2.69. The van der Waals surface area contributed by atoms with E-state index in [-0.39, 0.29) is 18.0 Å². The highest BCUT2D eigenvalue weighted by Crippen LogP contribution is 2.42. The number of hydrogen-bond donors (Lipinski definition) is 0. The Balaban J connectivity index is 1.63. The molecular weight excluding hydrogens is 348 g/mol. The first-order chi connectivity index (χ1) is 13.8. The van der Waals surface area contributed by atoms with Crippen molar-refractivity contribution in [3.8, 4) is 0 Å². The molecular formula is C24H24N2O2. The van der Waals surface area contributed by atoms with Crippen LogP contribution in [0.3, 0.4) is 0 Å². The van der Waals surface area contributed by atoms with Crippen LogP contribution in [0.4, 0.5) is 0 Å². The maximum absolute atomic E-state index is 13.4. The van der Waals surface area contributed by atoms with Crippen molar-refractivity contribution in [2.45, 2.75) is 24.9 Å². The van der Waals surface area contributed by atoms with Crippen LogP contribution in [0.5, 0.6) is 0 Å². The van der Waals surface area contributed by atoms with Crippen LogP contribution in [0.25, 0.3) is 10.8 Å². The number of rotatable bonds is 4. The third-order valence-electron chi connectivity index (χ3n) is 6.01. The molecule has 2 aliphatic rings. The minimum Gasteiger partial charge on any atom is -0.383 e. The third-order valence-corrected chi connectivity index (χ3v) is 6.01. The molecule has 0 N–H and O–H groups in total. The summed E-state index contributed by atoms with van der Waals surface area (Å²) in [5, 5.41) is 6.65. The fraction of sp³-hybridized carbons (Fsp3) is 0.292. The molecule has 0 aromatic heterocycles. The van der Waals surface area contributed by atoms with Crippen molar-refractivity contribution < 1.29 is 9.53 Å². The van der Waals surface area contributed by atoms with Crippen molar-refractivity contribution in [2.75, 3.05) is 20.3 Å². The Kier molecular flexibility index (Phi) is 4.38. The molecule has 2 aliphatic heterocycles. The lowest BCUT2D eigenvalue weighted by Gasteiger charge is -2.37. The molecule has 0 saturated carbocycles. The van der Waals surface area contributed by atoms with Crippen molar-refractivity contribution in [2.24, 2.45) is 0 Å². The molecule has 2 heterocycles. The van der Waals surface area contributed by atoms with Crippen LogP contribution in [-0.4, -0.2) is 42.2 Å². The average Bonchev–Trinajstić information content (AvgIpc) is 3.30. The van der Waals surface area contributed by atoms with Gasteiger partial charge >= 0.3 is 0 Å². The molecule has 0 unspecified atom stereocenters. The summed E-state index contributed by atoms with van der Waals surface area (Å²) in [7, 11) is 1.73. The highest BCUT2D eigenvalue weighted by Gasteiger charge is 2.44. The zero-order chi connectivity index (χ0) is 19.1. The number of hydrogen-bond acceptors (Lipinski definition) is 3. The van der Waals surface area contributed by atoms with Crippen molar-refractivity contribution >= 4 is 16.7 Å². The van der Waals surface area contributed by atoms with Crippen LogP contribution in [0, 0.1) is 0 Å². The molecule has 3 aromatic carbocycles. The Bertz CT molecular complexity index is 1030. The van der Waals surface area contributed by atoms with E-state index < -0.39 is 0 Å². The molecule has 142 valence electrons. The number of nitrogens with zero attached hydrogens (tertiary/aromatic N) is 2. The van der Waals surface area contributed by atoms with Gasteiger partial charge in [-0.2, -0.15) is 0 Å². The van der Waals surface area contributed by atoms with E-state index in [9.17, 15) is 4.79 Å². The predicted octanol–water partition coefficient (Wildman–Crippen LogP) is 4.41. The molecule has 0 spiro atoms. The molecule has 1 saturated heterocycles. The van der Waals surface area contributed by atoms with Gasteiger partial charge in [-0.3, -0.25) is 9.80 Å². The van der Waals surface area contributed by atoms with E-state index in [0.29, 0.717) is 6.61 Å². The van der Waals surface area contributed by atoms with E-state index in [4.69, 9.17) is 4.74 Å². The fourth-order valence-corrected chi connectivity index (χ4v) is 4.73. The number of carbonyl (C=O) groups excluding carboxylic acids is 1. The van der Waals surface area contributed by atoms with Gasteiger partial charge in [-0.05, 0) is 46.9 Å². The minimum atomic E-state index is -0.0919. The van der Waals surface area contributed by atoms with E-state index in [1.54, 1.807) is 7.11 Å². The predicted molar refractivity (Wildman–Crippen MR) is 110 cm³/mol. The maximum Gasteiger partial charge on any atom is 0.269 e. The van der Waals surface area contributed by atoms with Gasteiger partial charge in [0, 0.05) is 19.2 Å². The van der Waals surface area contributed by atoms with Crippen molar-refractivity contribution in [3.63, 3.8) is 0 Å². The van der Waals surface area contributed by atoms with Crippen LogP contribution < -0.4 is 0 Å². The van der Waals surface area contributed by atoms with Gasteiger partial charge in [-0.25, -0.2) is 5.01 Å². The summed E-state index contributed by atoms with van der Waals surface area (Å²) in [6.07, 6.45) is 2.14. The lowest BCUT2D eigenvalue weighted by atomic mass is 9.96. The summed E-state index contributed by atoms with van der Waals surface area (Å²) in [5.41, 5.74) is 3.05. The van der Waals surface area contributed by atoms with Gasteiger partial charge in [-0.1, -0.05) is 54.6 Å². The van der Waals surface area contributed by atoms with Crippen molar-refractivity contribution in [1.82, 2.24) is 10.0 Å². The van der Waals surface area contributed by atoms with Crippen LogP contribution in [-0.2, 0) is 4.74 Å². The minimum absolute atomic E-state index is 0.0919. The molecule has 1 amide bonds. The quantitative estimate of drug-likeness (QED) is 0.680. The smallest absolute Gasteiger partial charge is 0.269 e. The SMILES string of the molecule is COC[C@@H]1CCCN1N1C(=O)c2ccccc2[C@H]1c1ccc2ccccc2c1. The first kappa shape index (κ1) is 17.4. The second-order valence-corrected chi connectivity index (χ2v) is 7.66. The second kappa shape index (κ2) is 7.04. The van der Waals surface area contributed by atoms with Gasteiger partial charge in [0.05, 0.1) is 18.7 Å². The number of hydrazine groups is 1. The summed E-state index contributed by atoms with van der Waals surface area (Å²) < 4.78 is 5.45. The third kappa shape index (κ3) is 2.72. The number of ether oxygens (including phenoxy) is 1. The molecule has 0 bridgehead atoms. The van der Waals surface area contributed by atoms with Crippen LogP contribution in [0.1, 0.15) is 40.4 Å². The van der Waals surface area contributed by atoms with Gasteiger partial charge in [0.15, 0.2) is 0 Å². The standard InChI is InChI=1S/C24H24N2O2/c1-28-16-20-9-6-14-25(20)26-23(21-10-4-5-11-22(21)24(26)27)19-13-12-17-7-2-3-8-18(17)15-19/h2-5,7-8,10-13,15,20,23H,6,9,14,16H2,1H3/t20-,23+/m0/s1. The first-order valence-corrected chi connectivity index (χ1v) is 9.94. The van der Waals surface area contributed by atoms with Crippen LogP contribution >= 0.6 is 0 Å². The summed E-state index contributed by atoms with van der Waals surface area (Å²) in [6.45, 7) is 1.53. The first-order valence-electron chi connectivity index (χ1n) is 9.94. The largest absolute Gasteiger partial charge is 0.383 e. The molecule has 28 heavy (non-hydrogen) atoms. The van der Waals surface area contributed by atoms with E-state index >= 15 is 0 Å². The van der Waals surface area contributed by atoms with Gasteiger partial charge in [0.2, 0.25) is 0 Å². The average molecular weight is 372 g/mol. The highest BCUT2D eigenvalue weighted by molar-refractivity contribution is 5.99. The molecule has 2 atom stereocenters. The van der Waals surface area contributed by atoms with Crippen LogP contribution in [0.2, 0.25) is 0 Å². The molecule has 0 radical (unpaired) electrons. The maximum atomic E-state index is 13.4. The number of carbonyl (C=O) groups is 1. The Labute approximate surface area is 165 Å². The van der Waals surface area contributed by atoms with Crippen LogP contribution in [0.15, 0.2) is 66.7 Å². The summed E-state index contributed by atoms with van der Waals surface area (Å²) in [6, 6.07) is 23.1. The molecule has 3 aromatic rings. The lowest BCUT2D eigenvalue weighted by Crippen LogP contribution is -2.49. The number of fused-ring (bicyclic) bond motifs is 2. The zero-order valence-electron chi connectivity index (χ0n) is 16.0. The Morgan fingerprint density at radius 2 is 1.79 bits per heavy atom. The van der Waals surface area contributed by atoms with Crippen molar-refractivity contribution in [1.29, 1.82) is 0 Å². The summed E-state index contributed by atoms with van der Waals surface area (Å²) in [4.78, 5) is 13.4. The van der Waals surface area contributed by atoms with Gasteiger partial charge < -0.3 is 4.74 Å². The van der Waals surface area contributed by atoms with E-state index in [1.165, 1.54) is 10.8 Å².